The largest absolute Gasteiger partial charge is 0.494 e. The summed E-state index contributed by atoms with van der Waals surface area (Å²) in [6, 6.07) is 12.5. The Labute approximate surface area is 220 Å². The molecule has 0 N–H and O–H groups in total. The van der Waals surface area contributed by atoms with Crippen LogP contribution in [0.2, 0.25) is 0 Å². The van der Waals surface area contributed by atoms with Crippen LogP contribution in [0.3, 0.4) is 0 Å². The van der Waals surface area contributed by atoms with Crippen LogP contribution in [0.1, 0.15) is 37.3 Å². The minimum atomic E-state index is -0.318. The van der Waals surface area contributed by atoms with E-state index < -0.39 is 0 Å². The van der Waals surface area contributed by atoms with E-state index in [4.69, 9.17) is 18.9 Å². The molecule has 3 heterocycles. The molecule has 3 fully saturated rings. The number of methoxy groups -OCH3 is 2. The van der Waals surface area contributed by atoms with E-state index in [2.05, 4.69) is 32.9 Å². The van der Waals surface area contributed by atoms with Gasteiger partial charge in [0.2, 0.25) is 0 Å². The van der Waals surface area contributed by atoms with Crippen LogP contribution in [0.5, 0.6) is 17.2 Å². The van der Waals surface area contributed by atoms with Gasteiger partial charge in [-0.25, -0.2) is 4.39 Å². The van der Waals surface area contributed by atoms with Gasteiger partial charge in [-0.2, -0.15) is 0 Å². The first kappa shape index (κ1) is 26.1. The fraction of sp³-hybridized carbons (Fsp3) is 0.586. The van der Waals surface area contributed by atoms with Crippen molar-refractivity contribution in [1.29, 1.82) is 0 Å². The van der Waals surface area contributed by atoms with Gasteiger partial charge in [-0.1, -0.05) is 6.07 Å². The quantitative estimate of drug-likeness (QED) is 0.462. The van der Waals surface area contributed by atoms with E-state index >= 15 is 0 Å². The number of halogens is 1. The Bertz CT molecular complexity index is 1030. The predicted molar refractivity (Wildman–Crippen MR) is 143 cm³/mol. The van der Waals surface area contributed by atoms with Crippen molar-refractivity contribution in [3.63, 3.8) is 0 Å². The highest BCUT2D eigenvalue weighted by Crippen LogP contribution is 2.40. The van der Waals surface area contributed by atoms with Gasteiger partial charge in [-0.15, -0.1) is 0 Å². The Balaban J connectivity index is 1.20. The number of rotatable bonds is 9. The average molecular weight is 514 g/mol. The first-order valence-corrected chi connectivity index (χ1v) is 13.6. The maximum atomic E-state index is 13.9. The number of morpholine rings is 1. The summed E-state index contributed by atoms with van der Waals surface area (Å²) in [4.78, 5) is 7.44. The van der Waals surface area contributed by atoms with Crippen LogP contribution < -0.4 is 19.1 Å². The van der Waals surface area contributed by atoms with Gasteiger partial charge < -0.3 is 23.8 Å². The Morgan fingerprint density at radius 1 is 0.919 bits per heavy atom. The molecule has 8 heteroatoms. The highest BCUT2D eigenvalue weighted by atomic mass is 19.1. The van der Waals surface area contributed by atoms with Crippen LogP contribution in [0.4, 0.5) is 10.1 Å². The minimum absolute atomic E-state index is 0.303. The monoisotopic (exact) mass is 513 g/mol. The van der Waals surface area contributed by atoms with Crippen LogP contribution in [-0.2, 0) is 4.74 Å². The summed E-state index contributed by atoms with van der Waals surface area (Å²) in [5.41, 5.74) is 2.32. The fourth-order valence-corrected chi connectivity index (χ4v) is 5.99. The predicted octanol–water partition coefficient (Wildman–Crippen LogP) is 4.36. The maximum Gasteiger partial charge on any atom is 0.165 e. The summed E-state index contributed by atoms with van der Waals surface area (Å²) in [6.45, 7) is 8.19. The third-order valence-electron chi connectivity index (χ3n) is 8.00. The number of hydrogen-bond acceptors (Lipinski definition) is 7. The lowest BCUT2D eigenvalue weighted by Gasteiger charge is -2.49. The lowest BCUT2D eigenvalue weighted by molar-refractivity contribution is 0.0357. The number of anilines is 1. The number of piperazine rings is 1. The third kappa shape index (κ3) is 6.13. The van der Waals surface area contributed by atoms with Crippen LogP contribution in [0.25, 0.3) is 0 Å². The van der Waals surface area contributed by atoms with E-state index in [0.29, 0.717) is 24.4 Å². The number of fused-ring (bicyclic) bond motifs is 1. The van der Waals surface area contributed by atoms with Gasteiger partial charge in [0.1, 0.15) is 0 Å². The average Bonchev–Trinajstić information content (AvgIpc) is 2.95. The first-order chi connectivity index (χ1) is 18.2. The van der Waals surface area contributed by atoms with Crippen molar-refractivity contribution in [3.05, 3.63) is 47.8 Å². The molecule has 202 valence electrons. The highest BCUT2D eigenvalue weighted by molar-refractivity contribution is 5.52. The zero-order chi connectivity index (χ0) is 25.6. The zero-order valence-electron chi connectivity index (χ0n) is 22.2. The molecule has 0 spiro atoms. The second-order valence-electron chi connectivity index (χ2n) is 10.2. The maximum absolute atomic E-state index is 13.9. The molecule has 2 atom stereocenters. The van der Waals surface area contributed by atoms with Crippen LogP contribution >= 0.6 is 0 Å². The molecule has 2 aromatic rings. The molecule has 5 rings (SSSR count). The SMILES string of the molecule is COc1cc(N2CCN3C(CCC[C@@H]3c3ccc(OCCCN4CCOCC4)c(OC)c3)C2)ccc1F. The smallest absolute Gasteiger partial charge is 0.165 e. The second-order valence-corrected chi connectivity index (χ2v) is 10.2. The Hall–Kier alpha value is -2.55. The van der Waals surface area contributed by atoms with Gasteiger partial charge >= 0.3 is 0 Å². The van der Waals surface area contributed by atoms with Crippen LogP contribution in [-0.4, -0.2) is 89.2 Å². The molecule has 1 unspecified atom stereocenters. The van der Waals surface area contributed by atoms with E-state index in [9.17, 15) is 4.39 Å². The number of piperidine rings is 1. The molecule has 3 aliphatic rings. The molecular weight excluding hydrogens is 473 g/mol. The standard InChI is InChI=1S/C29H40FN3O4/c1-34-28-20-23(8-9-25(28)30)32-12-13-33-24(21-32)5-3-6-26(33)22-7-10-27(29(19-22)35-2)37-16-4-11-31-14-17-36-18-15-31/h7-10,19-20,24,26H,3-6,11-18,21H2,1-2H3/t24?,26-/m1/s1. The summed E-state index contributed by atoms with van der Waals surface area (Å²) < 4.78 is 36.4. The van der Waals surface area contributed by atoms with E-state index in [0.717, 1.165) is 82.5 Å². The van der Waals surface area contributed by atoms with Crippen LogP contribution in [0, 0.1) is 5.82 Å². The van der Waals surface area contributed by atoms with Crippen LogP contribution in [0.15, 0.2) is 36.4 Å². The molecule has 0 amide bonds. The normalized spacial score (nSPS) is 22.9. The Kier molecular flexibility index (Phi) is 8.69. The fourth-order valence-electron chi connectivity index (χ4n) is 5.99. The molecule has 3 aliphatic heterocycles. The van der Waals surface area contributed by atoms with E-state index in [-0.39, 0.29) is 5.82 Å². The summed E-state index contributed by atoms with van der Waals surface area (Å²) >= 11 is 0. The van der Waals surface area contributed by atoms with Gasteiger partial charge in [-0.05, 0) is 55.5 Å². The number of hydrogen-bond donors (Lipinski definition) is 0. The van der Waals surface area contributed by atoms with Gasteiger partial charge in [0.15, 0.2) is 23.1 Å². The van der Waals surface area contributed by atoms with Crippen molar-refractivity contribution in [2.45, 2.75) is 37.8 Å². The molecule has 0 aliphatic carbocycles. The summed E-state index contributed by atoms with van der Waals surface area (Å²) in [7, 11) is 3.24. The van der Waals surface area contributed by atoms with Gasteiger partial charge in [0.05, 0.1) is 34.0 Å². The topological polar surface area (TPSA) is 46.6 Å². The van der Waals surface area contributed by atoms with Crippen molar-refractivity contribution in [2.75, 3.05) is 78.2 Å². The second kappa shape index (κ2) is 12.3. The third-order valence-corrected chi connectivity index (χ3v) is 8.00. The van der Waals surface area contributed by atoms with E-state index in [1.165, 1.54) is 31.6 Å². The summed E-state index contributed by atoms with van der Waals surface area (Å²) in [6.07, 6.45) is 4.49. The lowest BCUT2D eigenvalue weighted by Crippen LogP contribution is -2.55. The molecule has 2 aromatic carbocycles. The first-order valence-electron chi connectivity index (χ1n) is 13.6. The Morgan fingerprint density at radius 2 is 1.76 bits per heavy atom. The van der Waals surface area contributed by atoms with E-state index in [1.807, 2.05) is 12.1 Å². The zero-order valence-corrected chi connectivity index (χ0v) is 22.2. The molecule has 37 heavy (non-hydrogen) atoms. The number of benzene rings is 2. The van der Waals surface area contributed by atoms with E-state index in [1.54, 1.807) is 7.11 Å². The van der Waals surface area contributed by atoms with Gasteiger partial charge in [-0.3, -0.25) is 9.80 Å². The lowest BCUT2D eigenvalue weighted by atomic mass is 9.89. The molecule has 0 aromatic heterocycles. The number of ether oxygens (including phenoxy) is 4. The van der Waals surface area contributed by atoms with Crippen molar-refractivity contribution in [2.24, 2.45) is 0 Å². The van der Waals surface area contributed by atoms with Crippen molar-refractivity contribution >= 4 is 5.69 Å². The molecule has 0 bridgehead atoms. The highest BCUT2D eigenvalue weighted by Gasteiger charge is 2.36. The molecule has 3 saturated heterocycles. The summed E-state index contributed by atoms with van der Waals surface area (Å²) in [5, 5.41) is 0. The molecule has 0 radical (unpaired) electrons. The summed E-state index contributed by atoms with van der Waals surface area (Å²) in [5.74, 6) is 1.61. The molecule has 0 saturated carbocycles. The van der Waals surface area contributed by atoms with Gasteiger partial charge in [0, 0.05) is 63.1 Å². The Morgan fingerprint density at radius 3 is 2.57 bits per heavy atom. The number of nitrogens with zero attached hydrogens (tertiary/aromatic N) is 3. The van der Waals surface area contributed by atoms with Crippen molar-refractivity contribution in [3.8, 4) is 17.2 Å². The van der Waals surface area contributed by atoms with Gasteiger partial charge in [0.25, 0.3) is 0 Å². The molecule has 7 nitrogen and oxygen atoms in total. The molecular formula is C29H40FN3O4. The van der Waals surface area contributed by atoms with Crippen molar-refractivity contribution < 1.29 is 23.3 Å². The minimum Gasteiger partial charge on any atom is -0.494 e. The van der Waals surface area contributed by atoms with Crippen molar-refractivity contribution in [1.82, 2.24) is 9.80 Å².